The molecule has 0 aliphatic rings. The third kappa shape index (κ3) is 24.8. The molecule has 0 aliphatic heterocycles. The predicted octanol–water partition coefficient (Wildman–Crippen LogP) is 1.53. The van der Waals surface area contributed by atoms with E-state index in [1.807, 2.05) is 0 Å². The molecule has 13 heavy (non-hydrogen) atoms. The SMILES string of the molecule is CCCCOC(C)=O.COC(C)=O. The first-order valence-electron chi connectivity index (χ1n) is 4.22. The Bertz CT molecular complexity index is 143. The lowest BCUT2D eigenvalue weighted by Crippen LogP contribution is -1.99. The standard InChI is InChI=1S/C6H12O2.C3H6O2/c1-3-4-5-8-6(2)7;1-3(4)5-2/h3-5H2,1-2H3;1-2H3. The molecular formula is C9H18O4. The van der Waals surface area contributed by atoms with Crippen LogP contribution in [0.3, 0.4) is 0 Å². The zero-order chi connectivity index (χ0) is 10.7. The van der Waals surface area contributed by atoms with E-state index in [2.05, 4.69) is 16.4 Å². The molecule has 0 radical (unpaired) electrons. The normalized spacial score (nSPS) is 8.00. The van der Waals surface area contributed by atoms with Crippen LogP contribution in [0.15, 0.2) is 0 Å². The van der Waals surface area contributed by atoms with Crippen LogP contribution in [-0.2, 0) is 19.1 Å². The molecule has 0 aliphatic carbocycles. The van der Waals surface area contributed by atoms with Crippen LogP contribution < -0.4 is 0 Å². The molecular weight excluding hydrogens is 172 g/mol. The summed E-state index contributed by atoms with van der Waals surface area (Å²) >= 11 is 0. The van der Waals surface area contributed by atoms with Crippen molar-refractivity contribution < 1.29 is 19.1 Å². The largest absolute Gasteiger partial charge is 0.469 e. The van der Waals surface area contributed by atoms with E-state index in [4.69, 9.17) is 0 Å². The molecule has 0 heterocycles. The molecule has 0 saturated carbocycles. The van der Waals surface area contributed by atoms with Crippen LogP contribution in [0.2, 0.25) is 0 Å². The van der Waals surface area contributed by atoms with E-state index in [-0.39, 0.29) is 11.9 Å². The Labute approximate surface area is 79.2 Å². The van der Waals surface area contributed by atoms with Crippen LogP contribution in [0.1, 0.15) is 33.6 Å². The van der Waals surface area contributed by atoms with E-state index in [1.165, 1.54) is 21.0 Å². The molecule has 0 amide bonds. The lowest BCUT2D eigenvalue weighted by Gasteiger charge is -1.96. The maximum absolute atomic E-state index is 10.1. The van der Waals surface area contributed by atoms with Crippen molar-refractivity contribution in [2.24, 2.45) is 0 Å². The van der Waals surface area contributed by atoms with Gasteiger partial charge in [-0.25, -0.2) is 0 Å². The van der Waals surface area contributed by atoms with Crippen LogP contribution in [0.4, 0.5) is 0 Å². The molecule has 0 fully saturated rings. The van der Waals surface area contributed by atoms with Gasteiger partial charge in [-0.15, -0.1) is 0 Å². The Hall–Kier alpha value is -1.06. The van der Waals surface area contributed by atoms with Crippen molar-refractivity contribution in [3.8, 4) is 0 Å². The van der Waals surface area contributed by atoms with E-state index >= 15 is 0 Å². The smallest absolute Gasteiger partial charge is 0.302 e. The number of carbonyl (C=O) groups excluding carboxylic acids is 2. The van der Waals surface area contributed by atoms with Crippen LogP contribution in [0.5, 0.6) is 0 Å². The van der Waals surface area contributed by atoms with Gasteiger partial charge in [0.25, 0.3) is 0 Å². The van der Waals surface area contributed by atoms with Gasteiger partial charge < -0.3 is 9.47 Å². The summed E-state index contributed by atoms with van der Waals surface area (Å²) in [4.78, 5) is 19.7. The first-order valence-corrected chi connectivity index (χ1v) is 4.22. The van der Waals surface area contributed by atoms with Crippen molar-refractivity contribution >= 4 is 11.9 Å². The molecule has 0 rings (SSSR count). The summed E-state index contributed by atoms with van der Waals surface area (Å²) in [5.74, 6) is -0.427. The maximum Gasteiger partial charge on any atom is 0.302 e. The van der Waals surface area contributed by atoms with Crippen LogP contribution in [-0.4, -0.2) is 25.7 Å². The maximum atomic E-state index is 10.1. The Morgan fingerprint density at radius 3 is 1.85 bits per heavy atom. The second-order valence-corrected chi connectivity index (χ2v) is 2.39. The van der Waals surface area contributed by atoms with E-state index in [0.29, 0.717) is 6.61 Å². The van der Waals surface area contributed by atoms with Crippen molar-refractivity contribution in [3.05, 3.63) is 0 Å². The molecule has 4 nitrogen and oxygen atoms in total. The topological polar surface area (TPSA) is 52.6 Å². The van der Waals surface area contributed by atoms with E-state index < -0.39 is 0 Å². The Kier molecular flexibility index (Phi) is 12.2. The summed E-state index contributed by atoms with van der Waals surface area (Å²) in [6, 6.07) is 0. The highest BCUT2D eigenvalue weighted by molar-refractivity contribution is 5.65. The quantitative estimate of drug-likeness (QED) is 0.500. The van der Waals surface area contributed by atoms with Crippen LogP contribution >= 0.6 is 0 Å². The number of hydrogen-bond acceptors (Lipinski definition) is 4. The second kappa shape index (κ2) is 10.9. The number of carbonyl (C=O) groups is 2. The van der Waals surface area contributed by atoms with Crippen molar-refractivity contribution in [2.75, 3.05) is 13.7 Å². The molecule has 0 atom stereocenters. The molecule has 78 valence electrons. The number of esters is 2. The Morgan fingerprint density at radius 1 is 1.15 bits per heavy atom. The van der Waals surface area contributed by atoms with Gasteiger partial charge in [-0.2, -0.15) is 0 Å². The minimum atomic E-state index is -0.245. The molecule has 0 aromatic heterocycles. The van der Waals surface area contributed by atoms with Gasteiger partial charge in [0.05, 0.1) is 13.7 Å². The van der Waals surface area contributed by atoms with Gasteiger partial charge in [-0.3, -0.25) is 9.59 Å². The van der Waals surface area contributed by atoms with Gasteiger partial charge in [0.15, 0.2) is 0 Å². The summed E-state index contributed by atoms with van der Waals surface area (Å²) in [5, 5.41) is 0. The highest BCUT2D eigenvalue weighted by Gasteiger charge is 1.88. The van der Waals surface area contributed by atoms with E-state index in [1.54, 1.807) is 0 Å². The number of ether oxygens (including phenoxy) is 2. The summed E-state index contributed by atoms with van der Waals surface area (Å²) < 4.78 is 8.75. The molecule has 0 N–H and O–H groups in total. The molecule has 0 spiro atoms. The van der Waals surface area contributed by atoms with Gasteiger partial charge in [-0.05, 0) is 6.42 Å². The minimum Gasteiger partial charge on any atom is -0.469 e. The summed E-state index contributed by atoms with van der Waals surface area (Å²) in [7, 11) is 1.35. The third-order valence-electron chi connectivity index (χ3n) is 1.09. The summed E-state index contributed by atoms with van der Waals surface area (Å²) in [5.41, 5.74) is 0. The number of hydrogen-bond donors (Lipinski definition) is 0. The zero-order valence-electron chi connectivity index (χ0n) is 8.75. The Morgan fingerprint density at radius 2 is 1.62 bits per heavy atom. The fourth-order valence-electron chi connectivity index (χ4n) is 0.360. The number of rotatable bonds is 3. The molecule has 0 bridgehead atoms. The zero-order valence-corrected chi connectivity index (χ0v) is 8.75. The van der Waals surface area contributed by atoms with Crippen LogP contribution in [0.25, 0.3) is 0 Å². The fraction of sp³-hybridized carbons (Fsp3) is 0.778. The van der Waals surface area contributed by atoms with Crippen molar-refractivity contribution in [3.63, 3.8) is 0 Å². The molecule has 4 heteroatoms. The van der Waals surface area contributed by atoms with Gasteiger partial charge in [0.1, 0.15) is 0 Å². The Balaban J connectivity index is 0. The second-order valence-electron chi connectivity index (χ2n) is 2.39. The molecule has 0 aromatic rings. The van der Waals surface area contributed by atoms with Crippen molar-refractivity contribution in [2.45, 2.75) is 33.6 Å². The van der Waals surface area contributed by atoms with Gasteiger partial charge in [0, 0.05) is 13.8 Å². The first-order chi connectivity index (χ1) is 6.04. The average molecular weight is 190 g/mol. The highest BCUT2D eigenvalue weighted by Crippen LogP contribution is 1.86. The fourth-order valence-corrected chi connectivity index (χ4v) is 0.360. The predicted molar refractivity (Wildman–Crippen MR) is 49.2 cm³/mol. The third-order valence-corrected chi connectivity index (χ3v) is 1.09. The van der Waals surface area contributed by atoms with Gasteiger partial charge in [-0.1, -0.05) is 13.3 Å². The molecule has 0 aromatic carbocycles. The van der Waals surface area contributed by atoms with Gasteiger partial charge >= 0.3 is 11.9 Å². The average Bonchev–Trinajstić information content (AvgIpc) is 2.05. The first kappa shape index (κ1) is 14.5. The summed E-state index contributed by atoms with van der Waals surface area (Å²) in [6.07, 6.45) is 2.05. The van der Waals surface area contributed by atoms with Gasteiger partial charge in [0.2, 0.25) is 0 Å². The molecule has 0 saturated heterocycles. The van der Waals surface area contributed by atoms with E-state index in [9.17, 15) is 9.59 Å². The van der Waals surface area contributed by atoms with Crippen molar-refractivity contribution in [1.29, 1.82) is 0 Å². The van der Waals surface area contributed by atoms with E-state index in [0.717, 1.165) is 12.8 Å². The number of methoxy groups -OCH3 is 1. The summed E-state index contributed by atoms with van der Waals surface area (Å²) in [6.45, 7) is 5.42. The van der Waals surface area contributed by atoms with Crippen molar-refractivity contribution in [1.82, 2.24) is 0 Å². The lowest BCUT2D eigenvalue weighted by atomic mass is 10.4. The highest BCUT2D eigenvalue weighted by atomic mass is 16.5. The lowest BCUT2D eigenvalue weighted by molar-refractivity contribution is -0.141. The minimum absolute atomic E-state index is 0.182. The van der Waals surface area contributed by atoms with Crippen LogP contribution in [0, 0.1) is 0 Å². The monoisotopic (exact) mass is 190 g/mol. The molecule has 0 unspecified atom stereocenters. The number of unbranched alkanes of at least 4 members (excludes halogenated alkanes) is 1.